The van der Waals surface area contributed by atoms with Crippen LogP contribution in [0.1, 0.15) is 24.0 Å². The number of esters is 2. The van der Waals surface area contributed by atoms with Crippen LogP contribution in [0.5, 0.6) is 11.5 Å². The van der Waals surface area contributed by atoms with Crippen LogP contribution in [0, 0.1) is 0 Å². The van der Waals surface area contributed by atoms with E-state index in [1.165, 1.54) is 14.2 Å². The average molecular weight is 527 g/mol. The minimum atomic E-state index is -3.37. The number of rotatable bonds is 14. The SMILES string of the molecule is COC(=O)COc1ccc(CCCO)cc1.COC(=O)COc1ccc(CCCOS(C)(=O)=O)cc1. The largest absolute Gasteiger partial charge is 0.482 e. The van der Waals surface area contributed by atoms with Gasteiger partial charge >= 0.3 is 11.9 Å². The minimum Gasteiger partial charge on any atom is -0.482 e. The van der Waals surface area contributed by atoms with Crippen LogP contribution in [0.25, 0.3) is 0 Å². The summed E-state index contributed by atoms with van der Waals surface area (Å²) < 4.78 is 45.5. The highest BCUT2D eigenvalue weighted by Crippen LogP contribution is 2.14. The molecule has 10 nitrogen and oxygen atoms in total. The lowest BCUT2D eigenvalue weighted by molar-refractivity contribution is -0.143. The van der Waals surface area contributed by atoms with Crippen molar-refractivity contribution in [2.24, 2.45) is 0 Å². The van der Waals surface area contributed by atoms with Gasteiger partial charge in [0.2, 0.25) is 0 Å². The first kappa shape index (κ1) is 30.9. The van der Waals surface area contributed by atoms with E-state index in [0.29, 0.717) is 24.3 Å². The van der Waals surface area contributed by atoms with Gasteiger partial charge in [-0.25, -0.2) is 9.59 Å². The molecule has 0 aliphatic rings. The highest BCUT2D eigenvalue weighted by Gasteiger charge is 2.04. The van der Waals surface area contributed by atoms with Gasteiger partial charge in [0.25, 0.3) is 10.1 Å². The summed E-state index contributed by atoms with van der Waals surface area (Å²) in [6.45, 7) is 0.157. The fourth-order valence-corrected chi connectivity index (χ4v) is 3.10. The predicted octanol–water partition coefficient (Wildman–Crippen LogP) is 2.31. The quantitative estimate of drug-likeness (QED) is 0.222. The molecule has 0 spiro atoms. The molecule has 0 bridgehead atoms. The molecule has 0 radical (unpaired) electrons. The van der Waals surface area contributed by atoms with Crippen LogP contribution >= 0.6 is 0 Å². The molecule has 0 saturated heterocycles. The van der Waals surface area contributed by atoms with Crippen molar-refractivity contribution in [3.63, 3.8) is 0 Å². The number of aryl methyl sites for hydroxylation is 2. The molecule has 0 heterocycles. The Balaban J connectivity index is 0.000000369. The molecule has 0 unspecified atom stereocenters. The van der Waals surface area contributed by atoms with E-state index in [4.69, 9.17) is 14.6 Å². The summed E-state index contributed by atoms with van der Waals surface area (Å²) in [7, 11) is -0.745. The summed E-state index contributed by atoms with van der Waals surface area (Å²) in [5, 5.41) is 8.68. The average Bonchev–Trinajstić information content (AvgIpc) is 2.88. The van der Waals surface area contributed by atoms with Gasteiger partial charge in [0.1, 0.15) is 11.5 Å². The summed E-state index contributed by atoms with van der Waals surface area (Å²) in [6, 6.07) is 14.6. The van der Waals surface area contributed by atoms with Crippen molar-refractivity contribution >= 4 is 22.1 Å². The number of methoxy groups -OCH3 is 2. The lowest BCUT2D eigenvalue weighted by Gasteiger charge is -2.06. The number of aliphatic hydroxyl groups is 1. The van der Waals surface area contributed by atoms with Gasteiger partial charge in [0.15, 0.2) is 13.2 Å². The second-order valence-electron chi connectivity index (χ2n) is 7.47. The van der Waals surface area contributed by atoms with E-state index in [9.17, 15) is 18.0 Å². The molecule has 2 rings (SSSR count). The first-order valence-corrected chi connectivity index (χ1v) is 13.0. The van der Waals surface area contributed by atoms with Gasteiger partial charge in [-0.05, 0) is 61.1 Å². The number of hydrogen-bond acceptors (Lipinski definition) is 10. The second-order valence-corrected chi connectivity index (χ2v) is 9.12. The number of hydrogen-bond donors (Lipinski definition) is 1. The van der Waals surface area contributed by atoms with Crippen LogP contribution in [-0.2, 0) is 46.2 Å². The zero-order valence-electron chi connectivity index (χ0n) is 20.8. The van der Waals surface area contributed by atoms with Gasteiger partial charge in [-0.1, -0.05) is 24.3 Å². The fraction of sp³-hybridized carbons (Fsp3) is 0.440. The first-order valence-electron chi connectivity index (χ1n) is 11.2. The van der Waals surface area contributed by atoms with E-state index in [0.717, 1.165) is 30.2 Å². The summed E-state index contributed by atoms with van der Waals surface area (Å²) >= 11 is 0. The molecule has 11 heteroatoms. The van der Waals surface area contributed by atoms with Crippen molar-refractivity contribution in [2.45, 2.75) is 25.7 Å². The van der Waals surface area contributed by atoms with Gasteiger partial charge < -0.3 is 24.1 Å². The van der Waals surface area contributed by atoms with E-state index >= 15 is 0 Å². The molecule has 0 aliphatic heterocycles. The molecule has 0 amide bonds. The third-order valence-electron chi connectivity index (χ3n) is 4.55. The van der Waals surface area contributed by atoms with Crippen molar-refractivity contribution in [3.8, 4) is 11.5 Å². The molecular formula is C25H34O10S. The predicted molar refractivity (Wildman–Crippen MR) is 132 cm³/mol. The normalized spacial score (nSPS) is 10.6. The molecule has 0 aliphatic carbocycles. The topological polar surface area (TPSA) is 135 Å². The van der Waals surface area contributed by atoms with Gasteiger partial charge in [-0.3, -0.25) is 4.18 Å². The van der Waals surface area contributed by atoms with Crippen LogP contribution in [-0.4, -0.2) is 72.4 Å². The number of aliphatic hydroxyl groups excluding tert-OH is 1. The van der Waals surface area contributed by atoms with Crippen molar-refractivity contribution in [1.29, 1.82) is 0 Å². The summed E-state index contributed by atoms with van der Waals surface area (Å²) in [4.78, 5) is 21.7. The molecule has 36 heavy (non-hydrogen) atoms. The summed E-state index contributed by atoms with van der Waals surface area (Å²) in [6.07, 6.45) is 3.93. The highest BCUT2D eigenvalue weighted by molar-refractivity contribution is 7.85. The van der Waals surface area contributed by atoms with Crippen LogP contribution in [0.15, 0.2) is 48.5 Å². The van der Waals surface area contributed by atoms with Gasteiger partial charge in [-0.2, -0.15) is 8.42 Å². The molecule has 2 aromatic carbocycles. The molecule has 200 valence electrons. The van der Waals surface area contributed by atoms with Crippen molar-refractivity contribution in [1.82, 2.24) is 0 Å². The standard InChI is InChI=1S/C13H18O6S.C12H16O4/c1-17-13(14)10-18-12-7-5-11(6-8-12)4-3-9-19-20(2,15)16;1-15-12(14)9-16-11-6-4-10(5-7-11)3-2-8-13/h5-8H,3-4,9-10H2,1-2H3;4-7,13H,2-3,8-9H2,1H3. The summed E-state index contributed by atoms with van der Waals surface area (Å²) in [5.41, 5.74) is 2.17. The number of ether oxygens (including phenoxy) is 4. The molecule has 0 atom stereocenters. The van der Waals surface area contributed by atoms with E-state index in [1.807, 2.05) is 24.3 Å². The molecular weight excluding hydrogens is 492 g/mol. The first-order chi connectivity index (χ1) is 17.2. The number of carbonyl (C=O) groups excluding carboxylic acids is 2. The Bertz CT molecular complexity index is 1000. The van der Waals surface area contributed by atoms with Crippen LogP contribution in [0.2, 0.25) is 0 Å². The number of benzene rings is 2. The Labute approximate surface area is 212 Å². The second kappa shape index (κ2) is 17.3. The highest BCUT2D eigenvalue weighted by atomic mass is 32.2. The van der Waals surface area contributed by atoms with E-state index < -0.39 is 22.1 Å². The molecule has 0 fully saturated rings. The van der Waals surface area contributed by atoms with Crippen molar-refractivity contribution in [3.05, 3.63) is 59.7 Å². The van der Waals surface area contributed by atoms with Gasteiger partial charge in [0.05, 0.1) is 27.1 Å². The maximum Gasteiger partial charge on any atom is 0.343 e. The Hall–Kier alpha value is -3.15. The van der Waals surface area contributed by atoms with Crippen LogP contribution in [0.3, 0.4) is 0 Å². The third-order valence-corrected chi connectivity index (χ3v) is 5.14. The monoisotopic (exact) mass is 526 g/mol. The van der Waals surface area contributed by atoms with Crippen LogP contribution in [0.4, 0.5) is 0 Å². The zero-order valence-corrected chi connectivity index (χ0v) is 21.6. The third kappa shape index (κ3) is 15.0. The van der Waals surface area contributed by atoms with Crippen molar-refractivity contribution in [2.75, 3.05) is 46.9 Å². The maximum absolute atomic E-state index is 10.9. The Morgan fingerprint density at radius 2 is 1.17 bits per heavy atom. The molecule has 0 aromatic heterocycles. The summed E-state index contributed by atoms with van der Waals surface area (Å²) in [5.74, 6) is 0.376. The fourth-order valence-electron chi connectivity index (χ4n) is 2.68. The lowest BCUT2D eigenvalue weighted by Crippen LogP contribution is -2.12. The van der Waals surface area contributed by atoms with E-state index in [1.54, 1.807) is 24.3 Å². The van der Waals surface area contributed by atoms with Crippen LogP contribution < -0.4 is 9.47 Å². The molecule has 2 aromatic rings. The maximum atomic E-state index is 10.9. The van der Waals surface area contributed by atoms with E-state index in [-0.39, 0.29) is 26.4 Å². The van der Waals surface area contributed by atoms with Gasteiger partial charge in [0, 0.05) is 6.61 Å². The van der Waals surface area contributed by atoms with E-state index in [2.05, 4.69) is 13.7 Å². The Kier molecular flexibility index (Phi) is 14.8. The molecule has 0 saturated carbocycles. The molecule has 1 N–H and O–H groups in total. The van der Waals surface area contributed by atoms with Crippen molar-refractivity contribution < 1.29 is 46.2 Å². The van der Waals surface area contributed by atoms with Gasteiger partial charge in [-0.15, -0.1) is 0 Å². The lowest BCUT2D eigenvalue weighted by atomic mass is 10.1. The Morgan fingerprint density at radius 1 is 0.750 bits per heavy atom. The zero-order chi connectivity index (χ0) is 26.8. The Morgan fingerprint density at radius 3 is 1.53 bits per heavy atom. The minimum absolute atomic E-state index is 0.0769. The number of carbonyl (C=O) groups is 2. The smallest absolute Gasteiger partial charge is 0.343 e.